The first-order chi connectivity index (χ1) is 15.9. The van der Waals surface area contributed by atoms with Gasteiger partial charge in [0.1, 0.15) is 5.75 Å². The van der Waals surface area contributed by atoms with E-state index in [4.69, 9.17) is 9.66 Å². The van der Waals surface area contributed by atoms with Gasteiger partial charge in [-0.2, -0.15) is 8.42 Å². The lowest BCUT2D eigenvalue weighted by Gasteiger charge is -2.23. The van der Waals surface area contributed by atoms with E-state index in [0.717, 1.165) is 12.8 Å². The molecule has 0 saturated heterocycles. The Morgan fingerprint density at radius 2 is 1.50 bits per heavy atom. The summed E-state index contributed by atoms with van der Waals surface area (Å²) in [7, 11) is -4.23. The molecule has 0 aliphatic heterocycles. The first kappa shape index (κ1) is 32.8. The van der Waals surface area contributed by atoms with Gasteiger partial charge in [-0.3, -0.25) is 4.55 Å². The van der Waals surface area contributed by atoms with Crippen LogP contribution in [0.5, 0.6) is 5.75 Å². The minimum Gasteiger partial charge on any atom is -0.508 e. The average molecular weight is 506 g/mol. The van der Waals surface area contributed by atoms with Crippen molar-refractivity contribution < 1.29 is 32.5 Å². The molecule has 0 amide bonds. The van der Waals surface area contributed by atoms with Gasteiger partial charge in [-0.1, -0.05) is 70.8 Å². The van der Waals surface area contributed by atoms with E-state index in [1.165, 1.54) is 51.0 Å². The quantitative estimate of drug-likeness (QED) is 0.156. The lowest BCUT2D eigenvalue weighted by atomic mass is 10.0. The molecule has 5 N–H and O–H groups in total. The Hall–Kier alpha value is -1.23. The summed E-state index contributed by atoms with van der Waals surface area (Å²) < 4.78 is 33.0. The SMILES string of the molecule is CC(C)(C)NC[C@H](O)c1ccc(O)c(CO)c1.CCCCCCCCCCCCOS(=O)(=O)O. The molecule has 0 fully saturated rings. The minimum atomic E-state index is -4.23. The van der Waals surface area contributed by atoms with Crippen LogP contribution >= 0.6 is 0 Å². The van der Waals surface area contributed by atoms with E-state index >= 15 is 0 Å². The Bertz CT molecular complexity index is 748. The van der Waals surface area contributed by atoms with Crippen LogP contribution in [0.3, 0.4) is 0 Å². The van der Waals surface area contributed by atoms with Gasteiger partial charge >= 0.3 is 10.4 Å². The number of phenols is 1. The van der Waals surface area contributed by atoms with Crippen molar-refractivity contribution in [2.45, 2.75) is 110 Å². The lowest BCUT2D eigenvalue weighted by Crippen LogP contribution is -2.38. The van der Waals surface area contributed by atoms with Crippen LogP contribution in [0.15, 0.2) is 18.2 Å². The molecule has 1 aromatic carbocycles. The van der Waals surface area contributed by atoms with Gasteiger partial charge in [0.25, 0.3) is 0 Å². The molecule has 0 saturated carbocycles. The van der Waals surface area contributed by atoms with E-state index in [-0.39, 0.29) is 24.5 Å². The van der Waals surface area contributed by atoms with Crippen LogP contribution in [0.25, 0.3) is 0 Å². The van der Waals surface area contributed by atoms with Crippen molar-refractivity contribution in [1.82, 2.24) is 5.32 Å². The molecule has 9 heteroatoms. The summed E-state index contributed by atoms with van der Waals surface area (Å²) in [4.78, 5) is 0. The van der Waals surface area contributed by atoms with E-state index in [1.54, 1.807) is 12.1 Å². The van der Waals surface area contributed by atoms with Crippen LogP contribution < -0.4 is 5.32 Å². The summed E-state index contributed by atoms with van der Waals surface area (Å²) in [5, 5.41) is 31.6. The fourth-order valence-electron chi connectivity index (χ4n) is 3.21. The third kappa shape index (κ3) is 19.1. The number of aliphatic hydroxyl groups excluding tert-OH is 2. The molecule has 0 heterocycles. The van der Waals surface area contributed by atoms with Crippen molar-refractivity contribution in [3.05, 3.63) is 29.3 Å². The molecule has 0 bridgehead atoms. The van der Waals surface area contributed by atoms with E-state index < -0.39 is 16.5 Å². The van der Waals surface area contributed by atoms with Crippen molar-refractivity contribution in [2.24, 2.45) is 0 Å². The molecule has 0 radical (unpaired) electrons. The molecule has 8 nitrogen and oxygen atoms in total. The van der Waals surface area contributed by atoms with E-state index in [0.29, 0.717) is 24.1 Å². The number of rotatable bonds is 16. The van der Waals surface area contributed by atoms with Crippen molar-refractivity contribution in [1.29, 1.82) is 0 Å². The second kappa shape index (κ2) is 18.1. The Labute approximate surface area is 206 Å². The summed E-state index contributed by atoms with van der Waals surface area (Å²) in [5.74, 6) is 0.0484. The molecule has 0 unspecified atom stereocenters. The van der Waals surface area contributed by atoms with E-state index in [1.807, 2.05) is 20.8 Å². The first-order valence-corrected chi connectivity index (χ1v) is 13.7. The molecule has 34 heavy (non-hydrogen) atoms. The Balaban J connectivity index is 0.000000641. The molecule has 1 aromatic rings. The zero-order valence-corrected chi connectivity index (χ0v) is 22.2. The third-order valence-electron chi connectivity index (χ3n) is 5.21. The number of benzene rings is 1. The molecule has 1 rings (SSSR count). The molecule has 0 spiro atoms. The number of unbranched alkanes of at least 4 members (excludes halogenated alkanes) is 9. The molecule has 200 valence electrons. The highest BCUT2D eigenvalue weighted by atomic mass is 32.3. The number of aliphatic hydroxyl groups is 2. The Morgan fingerprint density at radius 3 is 1.97 bits per heavy atom. The van der Waals surface area contributed by atoms with E-state index in [2.05, 4.69) is 16.4 Å². The predicted molar refractivity (Wildman–Crippen MR) is 136 cm³/mol. The second-order valence-corrected chi connectivity index (χ2v) is 10.7. The maximum absolute atomic E-state index is 10.2. The van der Waals surface area contributed by atoms with E-state index in [9.17, 15) is 18.6 Å². The van der Waals surface area contributed by atoms with Crippen LogP contribution in [0, 0.1) is 0 Å². The van der Waals surface area contributed by atoms with Crippen LogP contribution in [0.1, 0.15) is 109 Å². The average Bonchev–Trinajstić information content (AvgIpc) is 2.75. The highest BCUT2D eigenvalue weighted by Crippen LogP contribution is 2.22. The van der Waals surface area contributed by atoms with Gasteiger partial charge in [-0.05, 0) is 44.9 Å². The topological polar surface area (TPSA) is 136 Å². The second-order valence-electron chi connectivity index (χ2n) is 9.62. The van der Waals surface area contributed by atoms with Gasteiger partial charge < -0.3 is 20.6 Å². The maximum Gasteiger partial charge on any atom is 0.397 e. The third-order valence-corrected chi connectivity index (χ3v) is 5.68. The largest absolute Gasteiger partial charge is 0.508 e. The van der Waals surface area contributed by atoms with Crippen molar-refractivity contribution in [3.8, 4) is 5.75 Å². The molecule has 1 atom stereocenters. The van der Waals surface area contributed by atoms with Crippen molar-refractivity contribution in [2.75, 3.05) is 13.2 Å². The first-order valence-electron chi connectivity index (χ1n) is 12.4. The summed E-state index contributed by atoms with van der Waals surface area (Å²) in [6, 6.07) is 4.76. The Morgan fingerprint density at radius 1 is 0.971 bits per heavy atom. The highest BCUT2D eigenvalue weighted by molar-refractivity contribution is 7.80. The van der Waals surface area contributed by atoms with Gasteiger partial charge in [-0.15, -0.1) is 0 Å². The number of aromatic hydroxyl groups is 1. The van der Waals surface area contributed by atoms with Crippen molar-refractivity contribution in [3.63, 3.8) is 0 Å². The van der Waals surface area contributed by atoms with Crippen LogP contribution in [0.4, 0.5) is 0 Å². The fourth-order valence-corrected chi connectivity index (χ4v) is 3.54. The van der Waals surface area contributed by atoms with Gasteiger partial charge in [0.05, 0.1) is 19.3 Å². The van der Waals surface area contributed by atoms with Crippen molar-refractivity contribution >= 4 is 10.4 Å². The summed E-state index contributed by atoms with van der Waals surface area (Å²) in [5.41, 5.74) is 1.05. The lowest BCUT2D eigenvalue weighted by molar-refractivity contribution is 0.163. The molecular weight excluding hydrogens is 458 g/mol. The monoisotopic (exact) mass is 505 g/mol. The van der Waals surface area contributed by atoms with Crippen LogP contribution in [0.2, 0.25) is 0 Å². The summed E-state index contributed by atoms with van der Waals surface area (Å²) in [6.45, 7) is 8.57. The summed E-state index contributed by atoms with van der Waals surface area (Å²) in [6.07, 6.45) is 11.2. The molecule has 0 aromatic heterocycles. The zero-order chi connectivity index (χ0) is 26.0. The summed E-state index contributed by atoms with van der Waals surface area (Å²) >= 11 is 0. The van der Waals surface area contributed by atoms with Crippen LogP contribution in [-0.4, -0.2) is 47.0 Å². The normalized spacial score (nSPS) is 12.8. The maximum atomic E-state index is 10.2. The number of hydrogen-bond acceptors (Lipinski definition) is 7. The standard InChI is InChI=1S/C13H21NO3.C12H26O4S/c1-13(2,3)14-7-12(17)9-4-5-11(16)10(6-9)8-15;1-2-3-4-5-6-7-8-9-10-11-12-16-17(13,14)15/h4-6,12,14-17H,7-8H2,1-3H3;2-12H2,1H3,(H,13,14,15)/t12-;/m0./s1. The zero-order valence-electron chi connectivity index (χ0n) is 21.4. The number of hydrogen-bond donors (Lipinski definition) is 5. The molecule has 0 aliphatic carbocycles. The minimum absolute atomic E-state index is 0.0484. The van der Waals surface area contributed by atoms with Crippen LogP contribution in [-0.2, 0) is 21.2 Å². The fraction of sp³-hybridized carbons (Fsp3) is 0.760. The number of nitrogens with one attached hydrogen (secondary N) is 1. The smallest absolute Gasteiger partial charge is 0.397 e. The molecule has 0 aliphatic rings. The van der Waals surface area contributed by atoms with Gasteiger partial charge in [-0.25, -0.2) is 4.18 Å². The Kier molecular flexibility index (Phi) is 17.4. The van der Waals surface area contributed by atoms with Gasteiger partial charge in [0.2, 0.25) is 0 Å². The van der Waals surface area contributed by atoms with Gasteiger partial charge in [0, 0.05) is 17.6 Å². The predicted octanol–water partition coefficient (Wildman–Crippen LogP) is 5.03. The molecular formula is C25H47NO7S. The number of β-amino-alcohol motifs (C(OH)–C–C–N with tert-alkyl or cyclic N) is 1. The van der Waals surface area contributed by atoms with Gasteiger partial charge in [0.15, 0.2) is 0 Å². The highest BCUT2D eigenvalue weighted by Gasteiger charge is 2.14.